The topological polar surface area (TPSA) is 41.0 Å². The molecule has 0 saturated heterocycles. The molecule has 0 aliphatic rings. The lowest BCUT2D eigenvalue weighted by Gasteiger charge is -2.11. The molecule has 0 fully saturated rings. The van der Waals surface area contributed by atoms with Crippen LogP contribution in [0, 0.1) is 0 Å². The van der Waals surface area contributed by atoms with Crippen molar-refractivity contribution in [1.82, 2.24) is 14.9 Å². The Labute approximate surface area is 108 Å². The molecule has 0 bridgehead atoms. The smallest absolute Gasteiger partial charge is 0.125 e. The molecule has 18 heavy (non-hydrogen) atoms. The van der Waals surface area contributed by atoms with Crippen LogP contribution in [0.4, 0.5) is 5.82 Å². The van der Waals surface area contributed by atoms with E-state index in [4.69, 9.17) is 0 Å². The quantitative estimate of drug-likeness (QED) is 0.872. The van der Waals surface area contributed by atoms with Gasteiger partial charge in [0.1, 0.15) is 5.82 Å². The van der Waals surface area contributed by atoms with Crippen LogP contribution in [0.25, 0.3) is 11.1 Å². The van der Waals surface area contributed by atoms with Crippen molar-refractivity contribution in [3.8, 4) is 11.1 Å². The summed E-state index contributed by atoms with van der Waals surface area (Å²) in [5, 5.41) is 3.29. The number of aromatic nitrogens is 2. The first kappa shape index (κ1) is 12.5. The first-order valence-corrected chi connectivity index (χ1v) is 6.01. The van der Waals surface area contributed by atoms with Crippen LogP contribution >= 0.6 is 0 Å². The maximum atomic E-state index is 4.39. The van der Waals surface area contributed by atoms with Gasteiger partial charge in [-0.1, -0.05) is 6.07 Å². The molecule has 1 N–H and O–H groups in total. The lowest BCUT2D eigenvalue weighted by molar-refractivity contribution is 0.425. The van der Waals surface area contributed by atoms with Gasteiger partial charge in [0.25, 0.3) is 0 Å². The van der Waals surface area contributed by atoms with Crippen molar-refractivity contribution in [3.63, 3.8) is 0 Å². The molecule has 94 valence electrons. The standard InChI is InChI=1S/C14H18N4/c1-18(2)9-8-16-14-6-5-13(11-17-14)12-4-3-7-15-10-12/h3-7,10-11H,8-9H2,1-2H3,(H,16,17). The molecule has 0 saturated carbocycles. The van der Waals surface area contributed by atoms with E-state index in [1.807, 2.05) is 30.6 Å². The lowest BCUT2D eigenvalue weighted by Crippen LogP contribution is -2.21. The van der Waals surface area contributed by atoms with Crippen molar-refractivity contribution in [2.75, 3.05) is 32.5 Å². The molecule has 4 heteroatoms. The van der Waals surface area contributed by atoms with Crippen molar-refractivity contribution in [1.29, 1.82) is 0 Å². The molecule has 0 aromatic carbocycles. The van der Waals surface area contributed by atoms with Gasteiger partial charge in [0.15, 0.2) is 0 Å². The number of rotatable bonds is 5. The number of pyridine rings is 2. The van der Waals surface area contributed by atoms with Crippen molar-refractivity contribution in [2.45, 2.75) is 0 Å². The Balaban J connectivity index is 1.98. The van der Waals surface area contributed by atoms with Crippen molar-refractivity contribution < 1.29 is 0 Å². The van der Waals surface area contributed by atoms with Crippen LogP contribution < -0.4 is 5.32 Å². The molecule has 0 spiro atoms. The predicted molar refractivity (Wildman–Crippen MR) is 74.5 cm³/mol. The molecule has 0 unspecified atom stereocenters. The minimum atomic E-state index is 0.895. The summed E-state index contributed by atoms with van der Waals surface area (Å²) in [5.41, 5.74) is 2.17. The van der Waals surface area contributed by atoms with E-state index >= 15 is 0 Å². The van der Waals surface area contributed by atoms with Gasteiger partial charge in [0, 0.05) is 42.8 Å². The molecule has 0 aliphatic heterocycles. The summed E-state index contributed by atoms with van der Waals surface area (Å²) in [4.78, 5) is 10.6. The van der Waals surface area contributed by atoms with Crippen LogP contribution in [0.2, 0.25) is 0 Å². The Kier molecular flexibility index (Phi) is 4.25. The molecule has 0 aliphatic carbocycles. The molecule has 0 radical (unpaired) electrons. The second kappa shape index (κ2) is 6.12. The molecule has 2 rings (SSSR count). The molecule has 0 atom stereocenters. The van der Waals surface area contributed by atoms with Gasteiger partial charge in [-0.05, 0) is 32.3 Å². The monoisotopic (exact) mass is 242 g/mol. The second-order valence-corrected chi connectivity index (χ2v) is 4.40. The number of hydrogen-bond acceptors (Lipinski definition) is 4. The molecular weight excluding hydrogens is 224 g/mol. The molecule has 2 aromatic heterocycles. The van der Waals surface area contributed by atoms with E-state index < -0.39 is 0 Å². The molecule has 2 heterocycles. The summed E-state index contributed by atoms with van der Waals surface area (Å²) >= 11 is 0. The van der Waals surface area contributed by atoms with Gasteiger partial charge in [0.2, 0.25) is 0 Å². The lowest BCUT2D eigenvalue weighted by atomic mass is 10.1. The van der Waals surface area contributed by atoms with Gasteiger partial charge in [0.05, 0.1) is 0 Å². The summed E-state index contributed by atoms with van der Waals surface area (Å²) in [6.45, 7) is 1.89. The summed E-state index contributed by atoms with van der Waals surface area (Å²) in [6, 6.07) is 8.02. The minimum Gasteiger partial charge on any atom is -0.369 e. The molecule has 2 aromatic rings. The first-order valence-electron chi connectivity index (χ1n) is 6.01. The first-order chi connectivity index (χ1) is 8.75. The van der Waals surface area contributed by atoms with Gasteiger partial charge < -0.3 is 10.2 Å². The van der Waals surface area contributed by atoms with E-state index in [9.17, 15) is 0 Å². The summed E-state index contributed by atoms with van der Waals surface area (Å²) in [5.74, 6) is 0.907. The van der Waals surface area contributed by atoms with Crippen LogP contribution in [0.1, 0.15) is 0 Å². The van der Waals surface area contributed by atoms with Crippen molar-refractivity contribution in [3.05, 3.63) is 42.9 Å². The van der Waals surface area contributed by atoms with E-state index in [0.717, 1.165) is 30.0 Å². The van der Waals surface area contributed by atoms with Gasteiger partial charge >= 0.3 is 0 Å². The minimum absolute atomic E-state index is 0.895. The van der Waals surface area contributed by atoms with E-state index in [1.165, 1.54) is 0 Å². The van der Waals surface area contributed by atoms with Gasteiger partial charge in [-0.15, -0.1) is 0 Å². The Morgan fingerprint density at radius 2 is 1.94 bits per heavy atom. The molecule has 0 amide bonds. The number of nitrogens with zero attached hydrogens (tertiary/aromatic N) is 3. The average Bonchev–Trinajstić information content (AvgIpc) is 2.40. The summed E-state index contributed by atoms with van der Waals surface area (Å²) in [6.07, 6.45) is 5.49. The third-order valence-corrected chi connectivity index (χ3v) is 2.62. The van der Waals surface area contributed by atoms with E-state index in [2.05, 4.69) is 40.3 Å². The van der Waals surface area contributed by atoms with E-state index in [0.29, 0.717) is 0 Å². The number of hydrogen-bond donors (Lipinski definition) is 1. The highest BCUT2D eigenvalue weighted by Gasteiger charge is 1.98. The number of anilines is 1. The average molecular weight is 242 g/mol. The normalized spacial score (nSPS) is 10.6. The zero-order valence-corrected chi connectivity index (χ0v) is 10.8. The van der Waals surface area contributed by atoms with Gasteiger partial charge in [-0.25, -0.2) is 4.98 Å². The Morgan fingerprint density at radius 1 is 1.11 bits per heavy atom. The van der Waals surface area contributed by atoms with E-state index in [-0.39, 0.29) is 0 Å². The number of likely N-dealkylation sites (N-methyl/N-ethyl adjacent to an activating group) is 1. The Morgan fingerprint density at radius 3 is 2.56 bits per heavy atom. The van der Waals surface area contributed by atoms with Crippen molar-refractivity contribution in [2.24, 2.45) is 0 Å². The maximum absolute atomic E-state index is 4.39. The SMILES string of the molecule is CN(C)CCNc1ccc(-c2cccnc2)cn1. The van der Waals surface area contributed by atoms with Crippen LogP contribution in [-0.2, 0) is 0 Å². The fraction of sp³-hybridized carbons (Fsp3) is 0.286. The molecular formula is C14H18N4. The highest BCUT2D eigenvalue weighted by atomic mass is 15.1. The third kappa shape index (κ3) is 3.53. The highest BCUT2D eigenvalue weighted by molar-refractivity contribution is 5.62. The van der Waals surface area contributed by atoms with Crippen LogP contribution in [0.3, 0.4) is 0 Å². The van der Waals surface area contributed by atoms with Gasteiger partial charge in [-0.3, -0.25) is 4.98 Å². The van der Waals surface area contributed by atoms with Gasteiger partial charge in [-0.2, -0.15) is 0 Å². The fourth-order valence-electron chi connectivity index (χ4n) is 1.61. The largest absolute Gasteiger partial charge is 0.369 e. The van der Waals surface area contributed by atoms with Crippen LogP contribution in [0.5, 0.6) is 0 Å². The van der Waals surface area contributed by atoms with Crippen molar-refractivity contribution >= 4 is 5.82 Å². The zero-order chi connectivity index (χ0) is 12.8. The zero-order valence-electron chi connectivity index (χ0n) is 10.8. The van der Waals surface area contributed by atoms with Crippen LogP contribution in [-0.4, -0.2) is 42.1 Å². The van der Waals surface area contributed by atoms with Crippen LogP contribution in [0.15, 0.2) is 42.9 Å². The predicted octanol–water partition coefficient (Wildman–Crippen LogP) is 2.12. The fourth-order valence-corrected chi connectivity index (χ4v) is 1.61. The highest BCUT2D eigenvalue weighted by Crippen LogP contribution is 2.17. The second-order valence-electron chi connectivity index (χ2n) is 4.40. The Hall–Kier alpha value is -1.94. The van der Waals surface area contributed by atoms with E-state index in [1.54, 1.807) is 6.20 Å². The Bertz CT molecular complexity index is 465. The maximum Gasteiger partial charge on any atom is 0.125 e. The third-order valence-electron chi connectivity index (χ3n) is 2.62. The molecule has 4 nitrogen and oxygen atoms in total. The summed E-state index contributed by atoms with van der Waals surface area (Å²) in [7, 11) is 4.11. The summed E-state index contributed by atoms with van der Waals surface area (Å²) < 4.78 is 0. The number of nitrogens with one attached hydrogen (secondary N) is 1.